The van der Waals surface area contributed by atoms with E-state index in [0.717, 1.165) is 19.4 Å². The number of nitrogens with zero attached hydrogens (tertiary/aromatic N) is 1. The van der Waals surface area contributed by atoms with Crippen molar-refractivity contribution in [1.29, 1.82) is 0 Å². The van der Waals surface area contributed by atoms with Gasteiger partial charge in [-0.3, -0.25) is 4.79 Å². The van der Waals surface area contributed by atoms with Gasteiger partial charge in [-0.05, 0) is 19.3 Å². The van der Waals surface area contributed by atoms with E-state index in [1.807, 2.05) is 4.90 Å². The van der Waals surface area contributed by atoms with Crippen LogP contribution >= 0.6 is 0 Å². The molecule has 1 amide bonds. The van der Waals surface area contributed by atoms with Gasteiger partial charge in [0.2, 0.25) is 5.91 Å². The minimum atomic E-state index is 0.339. The van der Waals surface area contributed by atoms with E-state index in [0.29, 0.717) is 17.9 Å². The molecule has 0 aromatic rings. The summed E-state index contributed by atoms with van der Waals surface area (Å²) < 4.78 is 0. The number of rotatable bonds is 2. The van der Waals surface area contributed by atoms with Crippen molar-refractivity contribution in [2.24, 2.45) is 5.92 Å². The summed E-state index contributed by atoms with van der Waals surface area (Å²) in [5, 5.41) is 0. The highest BCUT2D eigenvalue weighted by Crippen LogP contribution is 2.17. The lowest BCUT2D eigenvalue weighted by Crippen LogP contribution is -2.37. The van der Waals surface area contributed by atoms with E-state index in [-0.39, 0.29) is 0 Å². The molecule has 1 saturated heterocycles. The average molecular weight is 155 g/mol. The van der Waals surface area contributed by atoms with Gasteiger partial charge in [0.25, 0.3) is 0 Å². The second-order valence-electron chi connectivity index (χ2n) is 3.68. The van der Waals surface area contributed by atoms with Crippen molar-refractivity contribution in [2.45, 2.75) is 39.7 Å². The first-order valence-corrected chi connectivity index (χ1v) is 4.42. The summed E-state index contributed by atoms with van der Waals surface area (Å²) in [7, 11) is 0. The number of amides is 1. The second-order valence-corrected chi connectivity index (χ2v) is 3.68. The molecule has 0 radical (unpaired) electrons. The van der Waals surface area contributed by atoms with E-state index >= 15 is 0 Å². The van der Waals surface area contributed by atoms with Crippen LogP contribution in [0.5, 0.6) is 0 Å². The highest BCUT2D eigenvalue weighted by atomic mass is 16.2. The maximum absolute atomic E-state index is 11.2. The van der Waals surface area contributed by atoms with Crippen LogP contribution in [-0.4, -0.2) is 23.4 Å². The van der Waals surface area contributed by atoms with Crippen LogP contribution in [0.2, 0.25) is 0 Å². The first-order chi connectivity index (χ1) is 5.13. The lowest BCUT2D eigenvalue weighted by atomic mass is 10.1. The maximum Gasteiger partial charge on any atom is 0.222 e. The third kappa shape index (κ3) is 1.73. The molecule has 2 nitrogen and oxygen atoms in total. The van der Waals surface area contributed by atoms with E-state index in [2.05, 4.69) is 20.8 Å². The number of hydrogen-bond acceptors (Lipinski definition) is 1. The zero-order valence-electron chi connectivity index (χ0n) is 7.63. The van der Waals surface area contributed by atoms with E-state index in [4.69, 9.17) is 0 Å². The minimum absolute atomic E-state index is 0.339. The predicted molar refractivity (Wildman–Crippen MR) is 45.2 cm³/mol. The molecular weight excluding hydrogens is 138 g/mol. The van der Waals surface area contributed by atoms with Crippen LogP contribution in [0.3, 0.4) is 0 Å². The standard InChI is InChI=1S/C9H17NO/c1-7(2)8(3)10-6-4-5-9(10)11/h7-8H,4-6H2,1-3H3/t8-/m1/s1. The van der Waals surface area contributed by atoms with Crippen molar-refractivity contribution < 1.29 is 4.79 Å². The Morgan fingerprint density at radius 2 is 2.00 bits per heavy atom. The fourth-order valence-electron chi connectivity index (χ4n) is 1.46. The largest absolute Gasteiger partial charge is 0.340 e. The number of carbonyl (C=O) groups is 1. The van der Waals surface area contributed by atoms with Gasteiger partial charge in [0.05, 0.1) is 0 Å². The van der Waals surface area contributed by atoms with Crippen molar-refractivity contribution >= 4 is 5.91 Å². The molecule has 11 heavy (non-hydrogen) atoms. The fraction of sp³-hybridized carbons (Fsp3) is 0.889. The normalized spacial score (nSPS) is 21.5. The third-order valence-electron chi connectivity index (χ3n) is 2.57. The summed E-state index contributed by atoms with van der Waals surface area (Å²) in [6.07, 6.45) is 1.81. The van der Waals surface area contributed by atoms with Gasteiger partial charge in [-0.25, -0.2) is 0 Å². The topological polar surface area (TPSA) is 20.3 Å². The Morgan fingerprint density at radius 3 is 2.36 bits per heavy atom. The quantitative estimate of drug-likeness (QED) is 0.594. The highest BCUT2D eigenvalue weighted by molar-refractivity contribution is 5.78. The Kier molecular flexibility index (Phi) is 2.53. The first kappa shape index (κ1) is 8.57. The molecule has 1 rings (SSSR count). The zero-order chi connectivity index (χ0) is 8.43. The van der Waals surface area contributed by atoms with Gasteiger partial charge in [-0.1, -0.05) is 13.8 Å². The van der Waals surface area contributed by atoms with Gasteiger partial charge < -0.3 is 4.90 Å². The molecule has 1 fully saturated rings. The zero-order valence-corrected chi connectivity index (χ0v) is 7.63. The summed E-state index contributed by atoms with van der Waals surface area (Å²) >= 11 is 0. The van der Waals surface area contributed by atoms with E-state index in [1.165, 1.54) is 0 Å². The molecule has 0 unspecified atom stereocenters. The Labute approximate surface area is 68.6 Å². The van der Waals surface area contributed by atoms with Crippen molar-refractivity contribution in [3.63, 3.8) is 0 Å². The van der Waals surface area contributed by atoms with Crippen molar-refractivity contribution in [3.05, 3.63) is 0 Å². The molecule has 1 atom stereocenters. The molecule has 0 N–H and O–H groups in total. The van der Waals surface area contributed by atoms with Gasteiger partial charge in [0.15, 0.2) is 0 Å². The molecule has 0 aromatic carbocycles. The molecule has 0 bridgehead atoms. The fourth-order valence-corrected chi connectivity index (χ4v) is 1.46. The second kappa shape index (κ2) is 3.24. The minimum Gasteiger partial charge on any atom is -0.340 e. The lowest BCUT2D eigenvalue weighted by molar-refractivity contribution is -0.130. The summed E-state index contributed by atoms with van der Waals surface area (Å²) in [5.41, 5.74) is 0. The molecule has 0 aliphatic carbocycles. The molecule has 0 saturated carbocycles. The van der Waals surface area contributed by atoms with Crippen LogP contribution in [-0.2, 0) is 4.79 Å². The number of hydrogen-bond donors (Lipinski definition) is 0. The predicted octanol–water partition coefficient (Wildman–Crippen LogP) is 1.65. The SMILES string of the molecule is CC(C)[C@@H](C)N1CCCC1=O. The maximum atomic E-state index is 11.2. The van der Waals surface area contributed by atoms with E-state index in [1.54, 1.807) is 0 Å². The van der Waals surface area contributed by atoms with Crippen molar-refractivity contribution in [3.8, 4) is 0 Å². The van der Waals surface area contributed by atoms with Gasteiger partial charge in [-0.2, -0.15) is 0 Å². The molecule has 64 valence electrons. The van der Waals surface area contributed by atoms with Crippen LogP contribution in [0.1, 0.15) is 33.6 Å². The number of carbonyl (C=O) groups excluding carboxylic acids is 1. The van der Waals surface area contributed by atoms with Gasteiger partial charge in [0, 0.05) is 19.0 Å². The monoisotopic (exact) mass is 155 g/mol. The number of likely N-dealkylation sites (tertiary alicyclic amines) is 1. The molecule has 0 spiro atoms. The Balaban J connectivity index is 2.52. The third-order valence-corrected chi connectivity index (χ3v) is 2.57. The summed E-state index contributed by atoms with van der Waals surface area (Å²) in [6.45, 7) is 7.43. The van der Waals surface area contributed by atoms with Crippen molar-refractivity contribution in [1.82, 2.24) is 4.90 Å². The van der Waals surface area contributed by atoms with E-state index in [9.17, 15) is 4.79 Å². The van der Waals surface area contributed by atoms with E-state index < -0.39 is 0 Å². The summed E-state index contributed by atoms with van der Waals surface area (Å²) in [5.74, 6) is 0.920. The summed E-state index contributed by atoms with van der Waals surface area (Å²) in [6, 6.07) is 0.421. The molecule has 1 aliphatic heterocycles. The molecular formula is C9H17NO. The van der Waals surface area contributed by atoms with Crippen LogP contribution in [0, 0.1) is 5.92 Å². The molecule has 0 aromatic heterocycles. The Hall–Kier alpha value is -0.530. The van der Waals surface area contributed by atoms with Gasteiger partial charge >= 0.3 is 0 Å². The molecule has 1 aliphatic rings. The molecule has 2 heteroatoms. The van der Waals surface area contributed by atoms with Gasteiger partial charge in [-0.15, -0.1) is 0 Å². The van der Waals surface area contributed by atoms with Gasteiger partial charge in [0.1, 0.15) is 0 Å². The summed E-state index contributed by atoms with van der Waals surface area (Å²) in [4.78, 5) is 13.3. The smallest absolute Gasteiger partial charge is 0.222 e. The Morgan fingerprint density at radius 1 is 1.36 bits per heavy atom. The van der Waals surface area contributed by atoms with Crippen molar-refractivity contribution in [2.75, 3.05) is 6.54 Å². The highest BCUT2D eigenvalue weighted by Gasteiger charge is 2.26. The lowest BCUT2D eigenvalue weighted by Gasteiger charge is -2.27. The average Bonchev–Trinajstić information content (AvgIpc) is 2.33. The molecule has 1 heterocycles. The van der Waals surface area contributed by atoms with Crippen LogP contribution in [0.15, 0.2) is 0 Å². The van der Waals surface area contributed by atoms with Crippen LogP contribution < -0.4 is 0 Å². The van der Waals surface area contributed by atoms with Crippen LogP contribution in [0.4, 0.5) is 0 Å². The Bertz CT molecular complexity index is 154. The van der Waals surface area contributed by atoms with Crippen LogP contribution in [0.25, 0.3) is 0 Å². The first-order valence-electron chi connectivity index (χ1n) is 4.42.